The fourth-order valence-electron chi connectivity index (χ4n) is 4.24. The summed E-state index contributed by atoms with van der Waals surface area (Å²) in [5, 5.41) is 15.0. The largest absolute Gasteiger partial charge is 0.482 e. The van der Waals surface area contributed by atoms with Crippen LogP contribution >= 0.6 is 0 Å². The molecule has 1 aliphatic heterocycles. The number of amidine groups is 1. The molecule has 0 radical (unpaired) electrons. The van der Waals surface area contributed by atoms with E-state index >= 15 is 0 Å². The van der Waals surface area contributed by atoms with Gasteiger partial charge in [0.15, 0.2) is 6.61 Å². The number of nitrogens with zero attached hydrogens (tertiary/aromatic N) is 1. The standard InChI is InChI=1S/C26H22N4O4S/c27-26(28)19-8-7-17-6-5-16(11-20(17)12-19)14-30-22-13-18(9-10-23(22)34-15-25(30)31)21-3-1-2-4-24(21)35(29,32)33/h1-13H,14-15H2,(H3,27,28)(H2,29,32,33). The molecule has 0 atom stereocenters. The summed E-state index contributed by atoms with van der Waals surface area (Å²) >= 11 is 0. The first-order chi connectivity index (χ1) is 16.7. The van der Waals surface area contributed by atoms with Crippen LogP contribution in [-0.4, -0.2) is 26.8 Å². The Labute approximate surface area is 202 Å². The molecule has 8 nitrogen and oxygen atoms in total. The second-order valence-electron chi connectivity index (χ2n) is 8.30. The summed E-state index contributed by atoms with van der Waals surface area (Å²) in [5.41, 5.74) is 8.73. The maximum absolute atomic E-state index is 12.9. The Morgan fingerprint density at radius 2 is 1.74 bits per heavy atom. The molecule has 1 heterocycles. The van der Waals surface area contributed by atoms with Crippen LogP contribution in [0.4, 0.5) is 5.69 Å². The van der Waals surface area contributed by atoms with Crippen molar-refractivity contribution in [1.82, 2.24) is 0 Å². The van der Waals surface area contributed by atoms with Gasteiger partial charge in [0.05, 0.1) is 17.1 Å². The zero-order valence-electron chi connectivity index (χ0n) is 18.6. The molecular weight excluding hydrogens is 464 g/mol. The molecule has 0 unspecified atom stereocenters. The van der Waals surface area contributed by atoms with Crippen molar-refractivity contribution in [2.45, 2.75) is 11.4 Å². The highest BCUT2D eigenvalue weighted by molar-refractivity contribution is 7.89. The summed E-state index contributed by atoms with van der Waals surface area (Å²) in [5.74, 6) is 0.301. The number of nitrogens with two attached hydrogens (primary N) is 2. The lowest BCUT2D eigenvalue weighted by Gasteiger charge is -2.30. The van der Waals surface area contributed by atoms with Gasteiger partial charge in [-0.15, -0.1) is 0 Å². The van der Waals surface area contributed by atoms with Gasteiger partial charge in [-0.25, -0.2) is 13.6 Å². The summed E-state index contributed by atoms with van der Waals surface area (Å²) < 4.78 is 29.9. The average Bonchev–Trinajstić information content (AvgIpc) is 2.84. The Morgan fingerprint density at radius 1 is 0.971 bits per heavy atom. The number of hydrogen-bond acceptors (Lipinski definition) is 5. The third-order valence-corrected chi connectivity index (χ3v) is 6.93. The van der Waals surface area contributed by atoms with Gasteiger partial charge < -0.3 is 15.4 Å². The summed E-state index contributed by atoms with van der Waals surface area (Å²) in [4.78, 5) is 14.5. The fourth-order valence-corrected chi connectivity index (χ4v) is 5.00. The third-order valence-electron chi connectivity index (χ3n) is 5.96. The van der Waals surface area contributed by atoms with Crippen molar-refractivity contribution in [2.75, 3.05) is 11.5 Å². The molecule has 1 amide bonds. The fraction of sp³-hybridized carbons (Fsp3) is 0.0769. The van der Waals surface area contributed by atoms with Crippen LogP contribution < -0.4 is 20.5 Å². The lowest BCUT2D eigenvalue weighted by Crippen LogP contribution is -2.38. The summed E-state index contributed by atoms with van der Waals surface area (Å²) in [7, 11) is -3.94. The smallest absolute Gasteiger partial charge is 0.265 e. The van der Waals surface area contributed by atoms with Gasteiger partial charge in [-0.05, 0) is 52.2 Å². The number of amides is 1. The first kappa shape index (κ1) is 22.6. The number of carbonyl (C=O) groups excluding carboxylic acids is 1. The number of nitrogens with one attached hydrogen (secondary N) is 1. The minimum atomic E-state index is -3.94. The SMILES string of the molecule is N=C(N)c1ccc2ccc(CN3C(=O)COc4ccc(-c5ccccc5S(N)(=O)=O)cc43)cc2c1. The highest BCUT2D eigenvalue weighted by Crippen LogP contribution is 2.38. The van der Waals surface area contributed by atoms with Crippen LogP contribution in [0.25, 0.3) is 21.9 Å². The van der Waals surface area contributed by atoms with Gasteiger partial charge in [-0.3, -0.25) is 10.2 Å². The Bertz CT molecular complexity index is 1620. The van der Waals surface area contributed by atoms with Crippen molar-refractivity contribution in [3.8, 4) is 16.9 Å². The van der Waals surface area contributed by atoms with Crippen LogP contribution in [0.1, 0.15) is 11.1 Å². The van der Waals surface area contributed by atoms with E-state index in [1.807, 2.05) is 30.3 Å². The van der Waals surface area contributed by atoms with Crippen LogP contribution in [0.15, 0.2) is 83.8 Å². The molecule has 0 aliphatic carbocycles. The number of sulfonamides is 1. The number of rotatable bonds is 5. The summed E-state index contributed by atoms with van der Waals surface area (Å²) in [6.07, 6.45) is 0. The van der Waals surface area contributed by atoms with Crippen LogP contribution in [0.3, 0.4) is 0 Å². The van der Waals surface area contributed by atoms with E-state index in [4.69, 9.17) is 21.0 Å². The molecule has 1 aliphatic rings. The van der Waals surface area contributed by atoms with E-state index in [0.29, 0.717) is 28.1 Å². The van der Waals surface area contributed by atoms with Gasteiger partial charge >= 0.3 is 0 Å². The molecule has 5 rings (SSSR count). The van der Waals surface area contributed by atoms with E-state index in [1.54, 1.807) is 47.4 Å². The predicted molar refractivity (Wildman–Crippen MR) is 135 cm³/mol. The molecular formula is C26H22N4O4S. The molecule has 176 valence electrons. The van der Waals surface area contributed by atoms with Crippen LogP contribution in [-0.2, 0) is 21.4 Å². The van der Waals surface area contributed by atoms with Crippen LogP contribution in [0, 0.1) is 5.41 Å². The maximum Gasteiger partial charge on any atom is 0.265 e. The summed E-state index contributed by atoms with van der Waals surface area (Å²) in [6.45, 7) is 0.192. The van der Waals surface area contributed by atoms with E-state index in [9.17, 15) is 13.2 Å². The van der Waals surface area contributed by atoms with E-state index in [0.717, 1.165) is 16.3 Å². The molecule has 35 heavy (non-hydrogen) atoms. The van der Waals surface area contributed by atoms with E-state index in [2.05, 4.69) is 0 Å². The molecule has 9 heteroatoms. The number of primary sulfonamides is 1. The molecule has 0 spiro atoms. The Balaban J connectivity index is 1.56. The molecule has 0 saturated carbocycles. The van der Waals surface area contributed by atoms with Gasteiger partial charge in [0.2, 0.25) is 10.0 Å². The van der Waals surface area contributed by atoms with Gasteiger partial charge in [0, 0.05) is 11.1 Å². The maximum atomic E-state index is 12.9. The van der Waals surface area contributed by atoms with Gasteiger partial charge in [0.1, 0.15) is 11.6 Å². The Kier molecular flexibility index (Phi) is 5.50. The third kappa shape index (κ3) is 4.34. The molecule has 4 aromatic rings. The minimum absolute atomic E-state index is 0.00496. The Morgan fingerprint density at radius 3 is 2.51 bits per heavy atom. The van der Waals surface area contributed by atoms with E-state index in [-0.39, 0.29) is 29.8 Å². The van der Waals surface area contributed by atoms with Crippen molar-refractivity contribution in [3.63, 3.8) is 0 Å². The molecule has 0 saturated heterocycles. The number of benzene rings is 4. The normalized spacial score (nSPS) is 13.4. The molecule has 0 bridgehead atoms. The van der Waals surface area contributed by atoms with Crippen molar-refractivity contribution in [1.29, 1.82) is 5.41 Å². The van der Waals surface area contributed by atoms with Gasteiger partial charge in [-0.2, -0.15) is 0 Å². The second kappa shape index (κ2) is 8.53. The van der Waals surface area contributed by atoms with E-state index in [1.165, 1.54) is 6.07 Å². The van der Waals surface area contributed by atoms with Crippen molar-refractivity contribution >= 4 is 38.2 Å². The number of nitrogen functional groups attached to an aromatic ring is 1. The first-order valence-corrected chi connectivity index (χ1v) is 12.3. The van der Waals surface area contributed by atoms with Crippen molar-refractivity contribution < 1.29 is 17.9 Å². The van der Waals surface area contributed by atoms with Crippen molar-refractivity contribution in [2.24, 2.45) is 10.9 Å². The lowest BCUT2D eigenvalue weighted by molar-refractivity contribution is -0.121. The average molecular weight is 487 g/mol. The Hall–Kier alpha value is -4.21. The zero-order chi connectivity index (χ0) is 24.7. The van der Waals surface area contributed by atoms with Crippen LogP contribution in [0.2, 0.25) is 0 Å². The van der Waals surface area contributed by atoms with E-state index < -0.39 is 10.0 Å². The van der Waals surface area contributed by atoms with Gasteiger partial charge in [-0.1, -0.05) is 48.5 Å². The quantitative estimate of drug-likeness (QED) is 0.293. The minimum Gasteiger partial charge on any atom is -0.482 e. The van der Waals surface area contributed by atoms with Gasteiger partial charge in [0.25, 0.3) is 5.91 Å². The number of hydrogen-bond donors (Lipinski definition) is 3. The topological polar surface area (TPSA) is 140 Å². The predicted octanol–water partition coefficient (Wildman–Crippen LogP) is 3.36. The number of fused-ring (bicyclic) bond motifs is 2. The summed E-state index contributed by atoms with van der Waals surface area (Å²) in [6, 6.07) is 23.1. The zero-order valence-corrected chi connectivity index (χ0v) is 19.4. The lowest BCUT2D eigenvalue weighted by atomic mass is 10.0. The second-order valence-corrected chi connectivity index (χ2v) is 9.83. The molecule has 0 aromatic heterocycles. The first-order valence-electron chi connectivity index (χ1n) is 10.8. The van der Waals surface area contributed by atoms with Crippen LogP contribution in [0.5, 0.6) is 5.75 Å². The molecule has 4 aromatic carbocycles. The molecule has 5 N–H and O–H groups in total. The monoisotopic (exact) mass is 486 g/mol. The molecule has 0 fully saturated rings. The highest BCUT2D eigenvalue weighted by atomic mass is 32.2. The highest BCUT2D eigenvalue weighted by Gasteiger charge is 2.27. The number of ether oxygens (including phenoxy) is 1. The number of carbonyl (C=O) groups is 1. The van der Waals surface area contributed by atoms with Crippen molar-refractivity contribution in [3.05, 3.63) is 90.0 Å². The number of anilines is 1.